The van der Waals surface area contributed by atoms with E-state index in [0.717, 1.165) is 34.1 Å². The van der Waals surface area contributed by atoms with E-state index in [2.05, 4.69) is 301 Å². The topological polar surface area (TPSA) is 15.3 Å². The summed E-state index contributed by atoms with van der Waals surface area (Å²) in [6.07, 6.45) is 0. The minimum Gasteiger partial charge on any atom is -0.309 e. The number of hydrogen-bond acceptors (Lipinski definition) is 2. The van der Waals surface area contributed by atoms with E-state index in [4.69, 9.17) is 0 Å². The van der Waals surface area contributed by atoms with Crippen molar-refractivity contribution in [2.24, 2.45) is 0 Å². The molecule has 0 saturated heterocycles. The van der Waals surface area contributed by atoms with Crippen molar-refractivity contribution >= 4 is 137 Å². The van der Waals surface area contributed by atoms with Crippen molar-refractivity contribution in [2.75, 3.05) is 9.80 Å². The zero-order valence-electron chi connectivity index (χ0n) is 44.9. The van der Waals surface area contributed by atoms with Gasteiger partial charge < -0.3 is 18.6 Å². The number of fused-ring (bicyclic) bond motifs is 12. The van der Waals surface area contributed by atoms with Crippen LogP contribution in [0.1, 0.15) is 0 Å². The van der Waals surface area contributed by atoms with Gasteiger partial charge in [0.25, 0.3) is 0 Å². The highest BCUT2D eigenvalue weighted by molar-refractivity contribution is 6.89. The molecule has 0 atom stereocenters. The van der Waals surface area contributed by atoms with E-state index < -0.39 is 16.1 Å². The molecule has 15 aromatic rings. The minimum absolute atomic E-state index is 1.15. The molecule has 15 rings (SSSR count). The van der Waals surface area contributed by atoms with Crippen LogP contribution in [0, 0.1) is 0 Å². The maximum Gasteiger partial charge on any atom is 0.0775 e. The van der Waals surface area contributed by atoms with Crippen LogP contribution >= 0.6 is 0 Å². The standard InChI is InChI=1S/C72H58N4Si2/c1-77(2,3)51-37-33-49(34-38-51)73(61-29-17-13-25-53(61)47-21-9-7-10-22-47)65-43-41-55-59-45-68-60(46-67(59)75-63-31-19-15-27-57(63)69(65)71(55)75)56-42-44-66(70-58-28-16-20-32-64(58)76(68)72(56)70)74(50-35-39-52(40-36-50)78(4,5)6)62-30-18-14-26-54(62)48-23-11-8-12-24-48/h7-46H,1-6H3. The summed E-state index contributed by atoms with van der Waals surface area (Å²) in [5, 5.41) is 12.9. The van der Waals surface area contributed by atoms with Crippen LogP contribution in [0.4, 0.5) is 34.1 Å². The van der Waals surface area contributed by atoms with Crippen molar-refractivity contribution in [3.63, 3.8) is 0 Å². The zero-order chi connectivity index (χ0) is 52.6. The van der Waals surface area contributed by atoms with Crippen molar-refractivity contribution in [1.82, 2.24) is 8.80 Å². The summed E-state index contributed by atoms with van der Waals surface area (Å²) in [4.78, 5) is 5.04. The van der Waals surface area contributed by atoms with Gasteiger partial charge in [0, 0.05) is 65.6 Å². The maximum absolute atomic E-state index is 2.57. The van der Waals surface area contributed by atoms with Crippen LogP contribution in [-0.4, -0.2) is 24.9 Å². The SMILES string of the molecule is C[Si](C)(C)c1ccc(N(c2ccccc2-c2ccccc2)c2ccc3c4cc5c(cc4n4c6ccccc6c2c34)c2ccc(N(c3ccc([Si](C)(C)C)cc3)c3ccccc3-c3ccccc3)c3c4ccccc4n5c23)cc1. The summed E-state index contributed by atoms with van der Waals surface area (Å²) in [5.41, 5.74) is 19.0. The Morgan fingerprint density at radius 2 is 0.641 bits per heavy atom. The Balaban J connectivity index is 0.999. The minimum atomic E-state index is -1.56. The number of anilines is 6. The van der Waals surface area contributed by atoms with Crippen molar-refractivity contribution in [3.05, 3.63) is 243 Å². The number of hydrogen-bond donors (Lipinski definition) is 0. The predicted octanol–water partition coefficient (Wildman–Crippen LogP) is 19.4. The Bertz CT molecular complexity index is 4490. The van der Waals surface area contributed by atoms with Crippen LogP contribution in [0.15, 0.2) is 243 Å². The van der Waals surface area contributed by atoms with Crippen molar-refractivity contribution in [2.45, 2.75) is 39.3 Å². The van der Waals surface area contributed by atoms with E-state index in [1.54, 1.807) is 0 Å². The Hall–Kier alpha value is -8.95. The van der Waals surface area contributed by atoms with Gasteiger partial charge in [-0.25, -0.2) is 0 Å². The molecule has 0 radical (unpaired) electrons. The highest BCUT2D eigenvalue weighted by atomic mass is 28.3. The predicted molar refractivity (Wildman–Crippen MR) is 342 cm³/mol. The Morgan fingerprint density at radius 3 is 1.04 bits per heavy atom. The molecule has 0 fully saturated rings. The molecule has 0 spiro atoms. The van der Waals surface area contributed by atoms with Gasteiger partial charge in [-0.1, -0.05) is 220 Å². The van der Waals surface area contributed by atoms with Crippen LogP contribution < -0.4 is 20.2 Å². The number of rotatable bonds is 10. The average molecular weight is 1040 g/mol. The van der Waals surface area contributed by atoms with E-state index in [0.29, 0.717) is 0 Å². The molecule has 0 saturated carbocycles. The molecule has 11 aromatic carbocycles. The molecule has 0 N–H and O–H groups in total. The van der Waals surface area contributed by atoms with Gasteiger partial charge in [0.05, 0.1) is 72.0 Å². The summed E-state index contributed by atoms with van der Waals surface area (Å²) >= 11 is 0. The lowest BCUT2D eigenvalue weighted by atomic mass is 9.99. The summed E-state index contributed by atoms with van der Waals surface area (Å²) in [7, 11) is -3.13. The lowest BCUT2D eigenvalue weighted by Gasteiger charge is -2.29. The first kappa shape index (κ1) is 46.4. The number of aromatic nitrogens is 2. The van der Waals surface area contributed by atoms with Gasteiger partial charge in [-0.05, 0) is 83.9 Å². The monoisotopic (exact) mass is 1030 g/mol. The Labute approximate surface area is 457 Å². The first-order valence-electron chi connectivity index (χ1n) is 27.4. The quantitative estimate of drug-likeness (QED) is 0.127. The van der Waals surface area contributed by atoms with Gasteiger partial charge >= 0.3 is 0 Å². The van der Waals surface area contributed by atoms with Crippen molar-refractivity contribution in [3.8, 4) is 22.3 Å². The van der Waals surface area contributed by atoms with E-state index in [1.165, 1.54) is 109 Å². The summed E-state index contributed by atoms with van der Waals surface area (Å²) in [6, 6.07) is 91.2. The van der Waals surface area contributed by atoms with Crippen LogP contribution in [0.2, 0.25) is 39.3 Å². The molecule has 0 aliphatic heterocycles. The van der Waals surface area contributed by atoms with Crippen LogP contribution in [-0.2, 0) is 0 Å². The molecule has 0 aliphatic rings. The molecular formula is C72H58N4Si2. The lowest BCUT2D eigenvalue weighted by Crippen LogP contribution is -2.37. The third-order valence-corrected chi connectivity index (χ3v) is 20.8. The molecule has 78 heavy (non-hydrogen) atoms. The summed E-state index contributed by atoms with van der Waals surface area (Å²) in [6.45, 7) is 14.6. The molecule has 6 heteroatoms. The normalized spacial score (nSPS) is 12.5. The molecule has 0 aliphatic carbocycles. The molecular weight excluding hydrogens is 977 g/mol. The average Bonchev–Trinajstić information content (AvgIpc) is 3.93. The van der Waals surface area contributed by atoms with E-state index in [-0.39, 0.29) is 0 Å². The molecule has 4 aromatic heterocycles. The van der Waals surface area contributed by atoms with Crippen LogP contribution in [0.25, 0.3) is 98.4 Å². The number of para-hydroxylation sites is 4. The third-order valence-electron chi connectivity index (χ3n) is 16.7. The largest absolute Gasteiger partial charge is 0.309 e. The highest BCUT2D eigenvalue weighted by Gasteiger charge is 2.30. The molecule has 0 bridgehead atoms. The van der Waals surface area contributed by atoms with E-state index in [1.807, 2.05) is 0 Å². The molecule has 374 valence electrons. The van der Waals surface area contributed by atoms with E-state index in [9.17, 15) is 0 Å². The highest BCUT2D eigenvalue weighted by Crippen LogP contribution is 2.52. The van der Waals surface area contributed by atoms with Crippen LogP contribution in [0.3, 0.4) is 0 Å². The molecule has 4 heterocycles. The number of benzene rings is 11. The fraction of sp³-hybridized carbons (Fsp3) is 0.0833. The van der Waals surface area contributed by atoms with Gasteiger partial charge in [-0.15, -0.1) is 0 Å². The van der Waals surface area contributed by atoms with Gasteiger partial charge in [-0.2, -0.15) is 0 Å². The summed E-state index contributed by atoms with van der Waals surface area (Å²) in [5.74, 6) is 0. The second-order valence-electron chi connectivity index (χ2n) is 23.3. The summed E-state index contributed by atoms with van der Waals surface area (Å²) < 4.78 is 5.14. The first-order valence-corrected chi connectivity index (χ1v) is 34.4. The Kier molecular flexibility index (Phi) is 10.3. The van der Waals surface area contributed by atoms with Gasteiger partial charge in [0.2, 0.25) is 0 Å². The fourth-order valence-corrected chi connectivity index (χ4v) is 15.3. The second kappa shape index (κ2) is 17.3. The lowest BCUT2D eigenvalue weighted by molar-refractivity contribution is 1.30. The molecule has 0 unspecified atom stereocenters. The molecule has 0 amide bonds. The second-order valence-corrected chi connectivity index (χ2v) is 33.5. The van der Waals surface area contributed by atoms with Crippen molar-refractivity contribution < 1.29 is 0 Å². The zero-order valence-corrected chi connectivity index (χ0v) is 46.9. The van der Waals surface area contributed by atoms with Gasteiger partial charge in [0.15, 0.2) is 0 Å². The maximum atomic E-state index is 2.57. The molecule has 4 nitrogen and oxygen atoms in total. The van der Waals surface area contributed by atoms with Crippen LogP contribution in [0.5, 0.6) is 0 Å². The Morgan fingerprint density at radius 1 is 0.282 bits per heavy atom. The smallest absolute Gasteiger partial charge is 0.0775 e. The van der Waals surface area contributed by atoms with Crippen molar-refractivity contribution in [1.29, 1.82) is 0 Å². The van der Waals surface area contributed by atoms with Gasteiger partial charge in [-0.3, -0.25) is 0 Å². The first-order chi connectivity index (χ1) is 38.0. The third kappa shape index (κ3) is 6.96. The fourth-order valence-electron chi connectivity index (χ4n) is 12.9. The van der Waals surface area contributed by atoms with Gasteiger partial charge in [0.1, 0.15) is 0 Å². The van der Waals surface area contributed by atoms with E-state index >= 15 is 0 Å². The number of nitrogens with zero attached hydrogens (tertiary/aromatic N) is 4.